The predicted octanol–water partition coefficient (Wildman–Crippen LogP) is 4.50. The molecule has 1 aliphatic carbocycles. The Morgan fingerprint density at radius 2 is 2.00 bits per heavy atom. The van der Waals surface area contributed by atoms with E-state index in [4.69, 9.17) is 11.1 Å². The number of aromatic nitrogens is 2. The highest BCUT2D eigenvalue weighted by atomic mass is 15.1. The Morgan fingerprint density at radius 1 is 1.15 bits per heavy atom. The molecular weight excluding hydrogens is 322 g/mol. The van der Waals surface area contributed by atoms with E-state index in [0.717, 1.165) is 35.0 Å². The van der Waals surface area contributed by atoms with Gasteiger partial charge in [-0.2, -0.15) is 5.10 Å². The average Bonchev–Trinajstić information content (AvgIpc) is 3.15. The quantitative estimate of drug-likeness (QED) is 0.312. The highest BCUT2D eigenvalue weighted by molar-refractivity contribution is 5.94. The topological polar surface area (TPSA) is 90.6 Å². The third kappa shape index (κ3) is 3.33. The standard InChI is InChI=1S/C21H23N5/c22-21(23)16-8-6-15(7-9-16)20(14-4-2-1-3-5-14)25-18-10-11-19-17(12-18)13-24-26-19/h4,6-13,20,25H,1-3,5H2,(H3,22,23)(H,24,26). The molecule has 0 aliphatic heterocycles. The Bertz CT molecular complexity index is 952. The summed E-state index contributed by atoms with van der Waals surface area (Å²) in [6.07, 6.45) is 8.96. The van der Waals surface area contributed by atoms with Gasteiger partial charge >= 0.3 is 0 Å². The molecule has 0 fully saturated rings. The third-order valence-corrected chi connectivity index (χ3v) is 5.00. The second-order valence-corrected chi connectivity index (χ2v) is 6.81. The van der Waals surface area contributed by atoms with Crippen LogP contribution in [-0.2, 0) is 0 Å². The number of benzene rings is 2. The van der Waals surface area contributed by atoms with Crippen molar-refractivity contribution < 1.29 is 0 Å². The van der Waals surface area contributed by atoms with E-state index in [-0.39, 0.29) is 11.9 Å². The van der Waals surface area contributed by atoms with Crippen molar-refractivity contribution in [3.05, 3.63) is 71.4 Å². The number of hydrogen-bond donors (Lipinski definition) is 4. The van der Waals surface area contributed by atoms with E-state index in [1.165, 1.54) is 24.0 Å². The molecule has 1 aromatic heterocycles. The minimum Gasteiger partial charge on any atom is -0.384 e. The number of nitrogens with zero attached hydrogens (tertiary/aromatic N) is 1. The Kier molecular flexibility index (Phi) is 4.44. The van der Waals surface area contributed by atoms with Crippen LogP contribution < -0.4 is 11.1 Å². The maximum absolute atomic E-state index is 7.59. The fourth-order valence-electron chi connectivity index (χ4n) is 3.57. The number of fused-ring (bicyclic) bond motifs is 1. The molecule has 1 aliphatic rings. The molecule has 2 aromatic carbocycles. The summed E-state index contributed by atoms with van der Waals surface area (Å²) >= 11 is 0. The van der Waals surface area contributed by atoms with Crippen LogP contribution in [0.3, 0.4) is 0 Å². The first-order valence-electron chi connectivity index (χ1n) is 9.04. The number of anilines is 1. The minimum atomic E-state index is 0.100. The van der Waals surface area contributed by atoms with E-state index in [0.29, 0.717) is 0 Å². The molecule has 3 aromatic rings. The van der Waals surface area contributed by atoms with Crippen LogP contribution in [-0.4, -0.2) is 16.0 Å². The van der Waals surface area contributed by atoms with Crippen LogP contribution >= 0.6 is 0 Å². The van der Waals surface area contributed by atoms with Crippen LogP contribution in [0.4, 0.5) is 5.69 Å². The monoisotopic (exact) mass is 345 g/mol. The van der Waals surface area contributed by atoms with E-state index >= 15 is 0 Å². The number of allylic oxidation sites excluding steroid dienone is 1. The largest absolute Gasteiger partial charge is 0.384 e. The highest BCUT2D eigenvalue weighted by Crippen LogP contribution is 2.33. The van der Waals surface area contributed by atoms with Crippen LogP contribution in [0.2, 0.25) is 0 Å². The van der Waals surface area contributed by atoms with Crippen LogP contribution in [0.15, 0.2) is 60.3 Å². The van der Waals surface area contributed by atoms with E-state index in [9.17, 15) is 0 Å². The molecule has 0 amide bonds. The molecule has 1 atom stereocenters. The summed E-state index contributed by atoms with van der Waals surface area (Å²) < 4.78 is 0. The highest BCUT2D eigenvalue weighted by Gasteiger charge is 2.19. The fourth-order valence-corrected chi connectivity index (χ4v) is 3.57. The van der Waals surface area contributed by atoms with Gasteiger partial charge in [-0.15, -0.1) is 0 Å². The average molecular weight is 345 g/mol. The second kappa shape index (κ2) is 7.04. The van der Waals surface area contributed by atoms with Crippen molar-refractivity contribution >= 4 is 22.4 Å². The number of hydrogen-bond acceptors (Lipinski definition) is 3. The number of nitrogens with two attached hydrogens (primary N) is 1. The molecule has 1 heterocycles. The molecule has 0 bridgehead atoms. The lowest BCUT2D eigenvalue weighted by Crippen LogP contribution is -2.16. The number of nitrogen functional groups attached to an aromatic ring is 1. The van der Waals surface area contributed by atoms with E-state index < -0.39 is 0 Å². The molecule has 4 rings (SSSR count). The molecule has 0 radical (unpaired) electrons. The first-order valence-corrected chi connectivity index (χ1v) is 9.04. The maximum Gasteiger partial charge on any atom is 0.122 e. The van der Waals surface area contributed by atoms with E-state index in [1.54, 1.807) is 0 Å². The van der Waals surface area contributed by atoms with Crippen LogP contribution in [0.25, 0.3) is 10.9 Å². The molecule has 5 heteroatoms. The summed E-state index contributed by atoms with van der Waals surface area (Å²) in [5.74, 6) is 0.100. The van der Waals surface area contributed by atoms with Crippen molar-refractivity contribution in [2.75, 3.05) is 5.32 Å². The van der Waals surface area contributed by atoms with Gasteiger partial charge in [0.25, 0.3) is 0 Å². The van der Waals surface area contributed by atoms with Gasteiger partial charge in [0.15, 0.2) is 0 Å². The molecule has 0 spiro atoms. The summed E-state index contributed by atoms with van der Waals surface area (Å²) in [7, 11) is 0. The van der Waals surface area contributed by atoms with Gasteiger partial charge in [-0.25, -0.2) is 0 Å². The van der Waals surface area contributed by atoms with Gasteiger partial charge in [0.2, 0.25) is 0 Å². The minimum absolute atomic E-state index is 0.100. The zero-order chi connectivity index (χ0) is 17.9. The summed E-state index contributed by atoms with van der Waals surface area (Å²) in [5, 5.41) is 19.5. The van der Waals surface area contributed by atoms with Crippen LogP contribution in [0.5, 0.6) is 0 Å². The van der Waals surface area contributed by atoms with E-state index in [1.807, 2.05) is 18.3 Å². The summed E-state index contributed by atoms with van der Waals surface area (Å²) in [6.45, 7) is 0. The van der Waals surface area contributed by atoms with Gasteiger partial charge < -0.3 is 11.1 Å². The van der Waals surface area contributed by atoms with E-state index in [2.05, 4.69) is 51.9 Å². The molecule has 132 valence electrons. The Labute approximate surface area is 152 Å². The number of aromatic amines is 1. The van der Waals surface area contributed by atoms with Crippen molar-refractivity contribution in [3.63, 3.8) is 0 Å². The summed E-state index contributed by atoms with van der Waals surface area (Å²) in [5.41, 5.74) is 11.1. The van der Waals surface area contributed by atoms with Crippen molar-refractivity contribution in [2.24, 2.45) is 5.73 Å². The summed E-state index contributed by atoms with van der Waals surface area (Å²) in [6, 6.07) is 14.4. The van der Waals surface area contributed by atoms with Crippen molar-refractivity contribution in [3.8, 4) is 0 Å². The first kappa shape index (κ1) is 16.4. The third-order valence-electron chi connectivity index (χ3n) is 5.00. The van der Waals surface area contributed by atoms with Crippen molar-refractivity contribution in [2.45, 2.75) is 31.7 Å². The normalized spacial score (nSPS) is 15.5. The van der Waals surface area contributed by atoms with Gasteiger partial charge in [-0.05, 0) is 55.0 Å². The Balaban J connectivity index is 1.67. The Morgan fingerprint density at radius 3 is 2.73 bits per heavy atom. The summed E-state index contributed by atoms with van der Waals surface area (Å²) in [4.78, 5) is 0. The SMILES string of the molecule is N=C(N)c1ccc(C(Nc2ccc3[nH]ncc3c2)C2=CCCCC2)cc1. The van der Waals surface area contributed by atoms with Crippen LogP contribution in [0.1, 0.15) is 42.9 Å². The van der Waals surface area contributed by atoms with Crippen molar-refractivity contribution in [1.29, 1.82) is 5.41 Å². The lowest BCUT2D eigenvalue weighted by Gasteiger charge is -2.26. The van der Waals surface area contributed by atoms with Crippen molar-refractivity contribution in [1.82, 2.24) is 10.2 Å². The lowest BCUT2D eigenvalue weighted by atomic mass is 9.89. The fraction of sp³-hybridized carbons (Fsp3) is 0.238. The molecule has 5 N–H and O–H groups in total. The van der Waals surface area contributed by atoms with Gasteiger partial charge in [-0.3, -0.25) is 10.5 Å². The second-order valence-electron chi connectivity index (χ2n) is 6.81. The number of amidine groups is 1. The molecular formula is C21H23N5. The Hall–Kier alpha value is -3.08. The number of rotatable bonds is 5. The predicted molar refractivity (Wildman–Crippen MR) is 106 cm³/mol. The van der Waals surface area contributed by atoms with Gasteiger partial charge in [0, 0.05) is 16.6 Å². The molecule has 0 saturated heterocycles. The van der Waals surface area contributed by atoms with Gasteiger partial charge in [0.05, 0.1) is 17.8 Å². The van der Waals surface area contributed by atoms with Gasteiger partial charge in [-0.1, -0.05) is 30.3 Å². The molecule has 5 nitrogen and oxygen atoms in total. The smallest absolute Gasteiger partial charge is 0.122 e. The number of nitrogens with one attached hydrogen (secondary N) is 3. The number of H-pyrrole nitrogens is 1. The zero-order valence-corrected chi connectivity index (χ0v) is 14.6. The zero-order valence-electron chi connectivity index (χ0n) is 14.6. The first-order chi connectivity index (χ1) is 12.7. The molecule has 26 heavy (non-hydrogen) atoms. The lowest BCUT2D eigenvalue weighted by molar-refractivity contribution is 0.662. The van der Waals surface area contributed by atoms with Crippen LogP contribution in [0, 0.1) is 5.41 Å². The molecule has 1 unspecified atom stereocenters. The van der Waals surface area contributed by atoms with Gasteiger partial charge in [0.1, 0.15) is 5.84 Å². The molecule has 0 saturated carbocycles. The maximum atomic E-state index is 7.59.